The fraction of sp³-hybridized carbons (Fsp3) is 0.0319. The summed E-state index contributed by atoms with van der Waals surface area (Å²) in [5.74, 6) is 2.39. The number of hydrogen-bond donors (Lipinski definition) is 12. The van der Waals surface area contributed by atoms with Crippen molar-refractivity contribution in [3.05, 3.63) is 359 Å². The van der Waals surface area contributed by atoms with Crippen molar-refractivity contribution in [1.82, 2.24) is 34.9 Å². The Morgan fingerprint density at radius 2 is 0.515 bits per heavy atom. The van der Waals surface area contributed by atoms with Gasteiger partial charge in [-0.05, 0) is 136 Å². The topological polar surface area (TPSA) is 551 Å². The smallest absolute Gasteiger partial charge is 0.224 e. The molecule has 7 heterocycles. The summed E-state index contributed by atoms with van der Waals surface area (Å²) in [5.41, 5.74) is 85.0. The van der Waals surface area contributed by atoms with Gasteiger partial charge in [0.25, 0.3) is 0 Å². The van der Waals surface area contributed by atoms with Crippen LogP contribution >= 0.6 is 84.0 Å². The second-order valence-electron chi connectivity index (χ2n) is 27.8. The lowest BCUT2D eigenvalue weighted by atomic mass is 10.1. The number of amidine groups is 6. The van der Waals surface area contributed by atoms with E-state index in [0.717, 1.165) is 116 Å². The number of para-hydroxylation sites is 6. The maximum Gasteiger partial charge on any atom is 0.224 e. The van der Waals surface area contributed by atoms with Gasteiger partial charge in [-0.25, -0.2) is 29.9 Å². The molecule has 18 rings (SSSR count). The third-order valence-electron chi connectivity index (χ3n) is 17.8. The number of nitrogens with zero attached hydrogens (tertiary/aromatic N) is 19. The van der Waals surface area contributed by atoms with Crippen molar-refractivity contribution < 1.29 is 0 Å². The van der Waals surface area contributed by atoms with Crippen molar-refractivity contribution in [2.24, 2.45) is 129 Å². The van der Waals surface area contributed by atoms with Crippen LogP contribution in [0.25, 0.3) is 66.9 Å². The lowest BCUT2D eigenvalue weighted by molar-refractivity contribution is 1.30. The molecule has 0 saturated heterocycles. The monoisotopic (exact) mass is 1920 g/mol. The standard InChI is InChI=1S/C18H17N5S.2C16H15N5S.C15H12BrN5S.C15H13N5S.C14H12N6S/c1-11(2)12-6-5-7-13(10-12)16(19)22-17(20)23-18-21-14-8-3-4-9-15(14)24-18;2*1-10-5-4-6-11(9-10)14(17)20-15(18)21-16-19-12-7-2-3-8-13(12)22-16;16-10-6-2-1-5-9(10)13(17)20-14(18)21-15-19-11-7-3-4-8-12(11)22-15;16-13(10-6-2-1-3-7-10)19-14(17)20-15-18-11-8-4-5-9-12(11)21-15;15-12(9-4-3-7-17-8-9)19-13(16)20-14-18-10-5-1-2-6-11(10)21-14/h3-10H,1H2,2H3,(H4,19,20,21,22,23);2*2-9H,1H3,(H4,17,18,19,20,21);1-8H,(H4,17,18,19,20,21);1-9H,(H4,16,17,18,19,20);1-8H,(H4,15,16,18,19,20). The molecule has 132 heavy (non-hydrogen) atoms. The SMILES string of the molecule is C=C(C)c1cccc(C(N)=NC(N)=Nc2nc3ccccc3s2)c1.Cc1cccc(C(N)=NC(N)=Nc2nc3ccccc3s2)c1.Cc1cccc(C(N)=NC(N)=Nc2nc3ccccc3s2)c1.NC(=Nc1nc2ccccc2s1)N=C(N)c1ccccc1.NC(=Nc1nc2ccccc2s1)N=C(N)c1ccccc1Br.NC(=Nc1nc2ccccc2s1)N=C(N)c1cccnc1. The van der Waals surface area contributed by atoms with E-state index in [-0.39, 0.29) is 41.6 Å². The molecular weight excluding hydrogens is 1840 g/mol. The van der Waals surface area contributed by atoms with Crippen LogP contribution in [-0.2, 0) is 0 Å². The Hall–Kier alpha value is -16.2. The van der Waals surface area contributed by atoms with Crippen molar-refractivity contribution in [2.75, 3.05) is 0 Å². The number of guanidine groups is 6. The summed E-state index contributed by atoms with van der Waals surface area (Å²) in [6.07, 6.45) is 3.28. The van der Waals surface area contributed by atoms with E-state index in [1.807, 2.05) is 294 Å². The number of allylic oxidation sites excluding steroid dienone is 1. The number of aryl methyl sites for hydroxylation is 2. The van der Waals surface area contributed by atoms with E-state index >= 15 is 0 Å². The Bertz CT molecular complexity index is 7050. The van der Waals surface area contributed by atoms with Crippen LogP contribution in [0.5, 0.6) is 0 Å². The van der Waals surface area contributed by atoms with Crippen LogP contribution in [0.4, 0.5) is 30.8 Å². The first-order valence-corrected chi connectivity index (χ1v) is 45.4. The van der Waals surface area contributed by atoms with E-state index in [0.29, 0.717) is 65.5 Å². The third-order valence-corrected chi connectivity index (χ3v) is 24.1. The highest BCUT2D eigenvalue weighted by molar-refractivity contribution is 9.10. The van der Waals surface area contributed by atoms with Crippen LogP contribution in [0.1, 0.15) is 57.0 Å². The molecule has 11 aromatic carbocycles. The average Bonchev–Trinajstić information content (AvgIpc) is 1.61. The minimum absolute atomic E-state index is 0.0652. The van der Waals surface area contributed by atoms with Gasteiger partial charge in [-0.3, -0.25) is 4.98 Å². The van der Waals surface area contributed by atoms with Crippen molar-refractivity contribution in [1.29, 1.82) is 0 Å². The molecular formula is C94H84BrN31S6. The minimum Gasteiger partial charge on any atom is -0.383 e. The number of aliphatic imine (C=N–C) groups is 12. The summed E-state index contributed by atoms with van der Waals surface area (Å²) < 4.78 is 7.18. The predicted molar refractivity (Wildman–Crippen MR) is 558 cm³/mol. The Balaban J connectivity index is 0.000000135. The summed E-state index contributed by atoms with van der Waals surface area (Å²) in [6.45, 7) is 9.86. The summed E-state index contributed by atoms with van der Waals surface area (Å²) in [7, 11) is 0. The van der Waals surface area contributed by atoms with Gasteiger partial charge in [0.15, 0.2) is 0 Å². The van der Waals surface area contributed by atoms with Crippen molar-refractivity contribution in [2.45, 2.75) is 20.8 Å². The van der Waals surface area contributed by atoms with Gasteiger partial charge in [0.05, 0.1) is 61.3 Å². The second kappa shape index (κ2) is 45.5. The number of benzene rings is 11. The first-order valence-electron chi connectivity index (χ1n) is 39.7. The largest absolute Gasteiger partial charge is 0.383 e. The number of thiazole rings is 6. The van der Waals surface area contributed by atoms with Crippen LogP contribution in [0.2, 0.25) is 0 Å². The van der Waals surface area contributed by atoms with Gasteiger partial charge >= 0.3 is 0 Å². The predicted octanol–water partition coefficient (Wildman–Crippen LogP) is 17.7. The van der Waals surface area contributed by atoms with Gasteiger partial charge in [0, 0.05) is 50.2 Å². The molecule has 0 saturated carbocycles. The molecule has 38 heteroatoms. The van der Waals surface area contributed by atoms with E-state index in [1.54, 1.807) is 24.5 Å². The van der Waals surface area contributed by atoms with E-state index in [4.69, 9.17) is 68.8 Å². The van der Waals surface area contributed by atoms with Crippen molar-refractivity contribution in [3.8, 4) is 0 Å². The number of fused-ring (bicyclic) bond motifs is 6. The summed E-state index contributed by atoms with van der Waals surface area (Å²) in [5, 5.41) is 3.37. The molecule has 0 amide bonds. The lowest BCUT2D eigenvalue weighted by Crippen LogP contribution is -2.19. The summed E-state index contributed by atoms with van der Waals surface area (Å²) in [4.78, 5) is 80.3. The second-order valence-corrected chi connectivity index (χ2v) is 34.7. The number of pyridine rings is 1. The Labute approximate surface area is 789 Å². The number of nitrogens with two attached hydrogens (primary N) is 12. The number of halogens is 1. The highest BCUT2D eigenvalue weighted by Gasteiger charge is 2.13. The zero-order valence-electron chi connectivity index (χ0n) is 70.7. The molecule has 24 N–H and O–H groups in total. The minimum atomic E-state index is 0.0652. The van der Waals surface area contributed by atoms with Gasteiger partial charge in [-0.2, -0.15) is 59.9 Å². The zero-order chi connectivity index (χ0) is 93.0. The van der Waals surface area contributed by atoms with E-state index in [2.05, 4.69) is 117 Å². The molecule has 658 valence electrons. The molecule has 0 unspecified atom stereocenters. The molecule has 0 aliphatic heterocycles. The van der Waals surface area contributed by atoms with Crippen LogP contribution in [0.3, 0.4) is 0 Å². The van der Waals surface area contributed by atoms with Gasteiger partial charge in [0.1, 0.15) is 35.0 Å². The van der Waals surface area contributed by atoms with Gasteiger partial charge in [0.2, 0.25) is 66.5 Å². The molecule has 0 radical (unpaired) electrons. The van der Waals surface area contributed by atoms with Gasteiger partial charge in [-0.15, -0.1) is 0 Å². The molecule has 0 aliphatic carbocycles. The van der Waals surface area contributed by atoms with E-state index in [9.17, 15) is 0 Å². The maximum absolute atomic E-state index is 6.04. The molecule has 0 bridgehead atoms. The fourth-order valence-electron chi connectivity index (χ4n) is 11.7. The number of rotatable bonds is 13. The quantitative estimate of drug-likeness (QED) is 0.0377. The molecule has 0 aliphatic rings. The van der Waals surface area contributed by atoms with Crippen LogP contribution in [-0.4, -0.2) is 106 Å². The summed E-state index contributed by atoms with van der Waals surface area (Å²) >= 11 is 12.2. The number of hydrogen-bond acceptors (Lipinski definition) is 19. The van der Waals surface area contributed by atoms with Crippen LogP contribution < -0.4 is 68.8 Å². The molecule has 0 atom stereocenters. The zero-order valence-corrected chi connectivity index (χ0v) is 77.2. The Kier molecular flexibility index (Phi) is 32.2. The molecule has 0 spiro atoms. The normalized spacial score (nSPS) is 12.7. The molecule has 7 aromatic heterocycles. The van der Waals surface area contributed by atoms with E-state index in [1.165, 1.54) is 68.0 Å². The number of aromatic nitrogens is 7. The molecule has 31 nitrogen and oxygen atoms in total. The van der Waals surface area contributed by atoms with Crippen LogP contribution in [0.15, 0.2) is 368 Å². The van der Waals surface area contributed by atoms with Crippen molar-refractivity contribution >= 4 is 252 Å². The van der Waals surface area contributed by atoms with E-state index < -0.39 is 0 Å². The fourth-order valence-corrected chi connectivity index (χ4v) is 17.2. The molecule has 18 aromatic rings. The summed E-state index contributed by atoms with van der Waals surface area (Å²) in [6, 6.07) is 90.6. The van der Waals surface area contributed by atoms with Crippen molar-refractivity contribution in [3.63, 3.8) is 0 Å². The van der Waals surface area contributed by atoms with Crippen LogP contribution in [0, 0.1) is 13.8 Å². The van der Waals surface area contributed by atoms with Gasteiger partial charge in [-0.1, -0.05) is 283 Å². The first kappa shape index (κ1) is 93.4. The Morgan fingerprint density at radius 1 is 0.265 bits per heavy atom. The average molecular weight is 1920 g/mol. The Morgan fingerprint density at radius 3 is 0.811 bits per heavy atom. The third kappa shape index (κ3) is 27.2. The molecule has 0 fully saturated rings. The first-order chi connectivity index (χ1) is 63.8. The maximum atomic E-state index is 6.04. The lowest BCUT2D eigenvalue weighted by Gasteiger charge is -2.04. The van der Waals surface area contributed by atoms with Gasteiger partial charge < -0.3 is 68.8 Å². The highest BCUT2D eigenvalue weighted by atomic mass is 79.9. The highest BCUT2D eigenvalue weighted by Crippen LogP contribution is 2.34.